The summed E-state index contributed by atoms with van der Waals surface area (Å²) in [4.78, 5) is 36.5. The van der Waals surface area contributed by atoms with Crippen LogP contribution in [0.1, 0.15) is 33.1 Å². The Morgan fingerprint density at radius 3 is 2.42 bits per heavy atom. The largest absolute Gasteiger partial charge is 0.465 e. The molecule has 1 aliphatic heterocycles. The number of esters is 1. The number of halogens is 1. The maximum atomic E-state index is 12.9. The first-order chi connectivity index (χ1) is 12.5. The minimum absolute atomic E-state index is 0.0377. The van der Waals surface area contributed by atoms with Crippen LogP contribution in [0.15, 0.2) is 12.4 Å². The number of rotatable bonds is 9. The van der Waals surface area contributed by atoms with Crippen molar-refractivity contribution in [1.29, 1.82) is 0 Å². The van der Waals surface area contributed by atoms with Gasteiger partial charge in [-0.05, 0) is 26.3 Å². The molecule has 0 radical (unpaired) electrons. The molecule has 2 heterocycles. The molecule has 0 N–H and O–H groups in total. The Morgan fingerprint density at radius 1 is 1.19 bits per heavy atom. The molecule has 2 rings (SSSR count). The molecule has 7 nitrogen and oxygen atoms in total. The number of hydrogen-bond donors (Lipinski definition) is 0. The molecule has 1 unspecified atom stereocenters. The highest BCUT2D eigenvalue weighted by atomic mass is 19.1. The summed E-state index contributed by atoms with van der Waals surface area (Å²) >= 11 is 0. The quantitative estimate of drug-likeness (QED) is 0.486. The molecule has 1 aliphatic rings. The predicted octanol–water partition coefficient (Wildman–Crippen LogP) is 1.68. The number of nitrogens with zero attached hydrogens (tertiary/aromatic N) is 4. The number of aromatic nitrogens is 2. The van der Waals surface area contributed by atoms with Gasteiger partial charge >= 0.3 is 5.97 Å². The first kappa shape index (κ1) is 20.2. The molecule has 1 saturated heterocycles. The highest BCUT2D eigenvalue weighted by Crippen LogP contribution is 2.15. The van der Waals surface area contributed by atoms with Gasteiger partial charge in [-0.1, -0.05) is 6.92 Å². The van der Waals surface area contributed by atoms with Gasteiger partial charge in [0.05, 0.1) is 19.0 Å². The van der Waals surface area contributed by atoms with Gasteiger partial charge in [-0.3, -0.25) is 14.5 Å². The van der Waals surface area contributed by atoms with Gasteiger partial charge in [-0.25, -0.2) is 14.4 Å². The SMILES string of the molecule is CCCC(=O)C(CCN1CCN(c2ncc(F)cn2)CC1)C(=O)OCC. The van der Waals surface area contributed by atoms with Crippen molar-refractivity contribution in [3.63, 3.8) is 0 Å². The zero-order valence-corrected chi connectivity index (χ0v) is 15.5. The summed E-state index contributed by atoms with van der Waals surface area (Å²) in [5.74, 6) is -1.05. The third-order valence-corrected chi connectivity index (χ3v) is 4.45. The van der Waals surface area contributed by atoms with Gasteiger partial charge in [0, 0.05) is 32.6 Å². The second-order valence-corrected chi connectivity index (χ2v) is 6.34. The summed E-state index contributed by atoms with van der Waals surface area (Å²) in [6.45, 7) is 7.61. The summed E-state index contributed by atoms with van der Waals surface area (Å²) in [6.07, 6.45) is 3.94. The van der Waals surface area contributed by atoms with E-state index in [1.165, 1.54) is 0 Å². The maximum absolute atomic E-state index is 12.9. The van der Waals surface area contributed by atoms with E-state index in [1.807, 2.05) is 11.8 Å². The summed E-state index contributed by atoms with van der Waals surface area (Å²) in [5, 5.41) is 0. The predicted molar refractivity (Wildman–Crippen MR) is 95.3 cm³/mol. The number of piperazine rings is 1. The van der Waals surface area contributed by atoms with Crippen molar-refractivity contribution in [3.8, 4) is 0 Å². The van der Waals surface area contributed by atoms with Crippen LogP contribution in [-0.4, -0.2) is 66.0 Å². The Kier molecular flexibility index (Phi) is 7.90. The molecule has 0 saturated carbocycles. The number of carbonyl (C=O) groups is 2. The topological polar surface area (TPSA) is 75.6 Å². The molecular weight excluding hydrogens is 339 g/mol. The lowest BCUT2D eigenvalue weighted by atomic mass is 9.96. The molecule has 0 amide bonds. The van der Waals surface area contributed by atoms with Gasteiger partial charge < -0.3 is 9.64 Å². The van der Waals surface area contributed by atoms with Crippen LogP contribution in [-0.2, 0) is 14.3 Å². The smallest absolute Gasteiger partial charge is 0.316 e. The fourth-order valence-electron chi connectivity index (χ4n) is 3.03. The van der Waals surface area contributed by atoms with E-state index < -0.39 is 17.7 Å². The molecule has 1 atom stereocenters. The zero-order valence-electron chi connectivity index (χ0n) is 15.5. The summed E-state index contributed by atoms with van der Waals surface area (Å²) in [6, 6.07) is 0. The standard InChI is InChI=1S/C18H27FN4O3/c1-3-5-16(24)15(17(25)26-4-2)6-7-22-8-10-23(11-9-22)18-20-12-14(19)13-21-18/h12-13,15H,3-11H2,1-2H3. The molecule has 1 fully saturated rings. The highest BCUT2D eigenvalue weighted by molar-refractivity contribution is 5.98. The van der Waals surface area contributed by atoms with Crippen LogP contribution < -0.4 is 4.90 Å². The minimum Gasteiger partial charge on any atom is -0.465 e. The molecule has 1 aromatic rings. The van der Waals surface area contributed by atoms with E-state index in [-0.39, 0.29) is 12.4 Å². The van der Waals surface area contributed by atoms with Crippen LogP contribution in [0.25, 0.3) is 0 Å². The Hall–Kier alpha value is -2.09. The Bertz CT molecular complexity index is 571. The minimum atomic E-state index is -0.673. The fraction of sp³-hybridized carbons (Fsp3) is 0.667. The van der Waals surface area contributed by atoms with E-state index in [2.05, 4.69) is 14.9 Å². The van der Waals surface area contributed by atoms with Gasteiger partial charge in [0.1, 0.15) is 11.7 Å². The average Bonchev–Trinajstić information content (AvgIpc) is 2.63. The van der Waals surface area contributed by atoms with Gasteiger partial charge in [-0.15, -0.1) is 0 Å². The monoisotopic (exact) mass is 366 g/mol. The van der Waals surface area contributed by atoms with Crippen molar-refractivity contribution in [2.75, 3.05) is 44.2 Å². The van der Waals surface area contributed by atoms with Crippen LogP contribution >= 0.6 is 0 Å². The van der Waals surface area contributed by atoms with Crippen molar-refractivity contribution in [3.05, 3.63) is 18.2 Å². The second kappa shape index (κ2) is 10.2. The normalized spacial score (nSPS) is 16.3. The fourth-order valence-corrected chi connectivity index (χ4v) is 3.03. The van der Waals surface area contributed by atoms with Gasteiger partial charge in [0.15, 0.2) is 5.82 Å². The van der Waals surface area contributed by atoms with Crippen molar-refractivity contribution in [2.24, 2.45) is 5.92 Å². The lowest BCUT2D eigenvalue weighted by molar-refractivity contribution is -0.152. The molecule has 8 heteroatoms. The first-order valence-corrected chi connectivity index (χ1v) is 9.19. The first-order valence-electron chi connectivity index (χ1n) is 9.19. The number of ketones is 1. The van der Waals surface area contributed by atoms with Crippen molar-refractivity contribution < 1.29 is 18.7 Å². The van der Waals surface area contributed by atoms with Crippen LogP contribution in [0.3, 0.4) is 0 Å². The van der Waals surface area contributed by atoms with E-state index in [9.17, 15) is 14.0 Å². The van der Waals surface area contributed by atoms with E-state index in [1.54, 1.807) is 6.92 Å². The van der Waals surface area contributed by atoms with Crippen molar-refractivity contribution >= 4 is 17.7 Å². The third kappa shape index (κ3) is 5.72. The van der Waals surface area contributed by atoms with Crippen LogP contribution in [0.4, 0.5) is 10.3 Å². The summed E-state index contributed by atoms with van der Waals surface area (Å²) in [5.41, 5.74) is 0. The Balaban J connectivity index is 1.83. The van der Waals surface area contributed by atoms with Crippen molar-refractivity contribution in [1.82, 2.24) is 14.9 Å². The number of carbonyl (C=O) groups excluding carboxylic acids is 2. The third-order valence-electron chi connectivity index (χ3n) is 4.45. The highest BCUT2D eigenvalue weighted by Gasteiger charge is 2.28. The molecule has 0 bridgehead atoms. The average molecular weight is 366 g/mol. The van der Waals surface area contributed by atoms with E-state index in [0.717, 1.165) is 45.0 Å². The van der Waals surface area contributed by atoms with Crippen LogP contribution in [0.2, 0.25) is 0 Å². The van der Waals surface area contributed by atoms with E-state index in [0.29, 0.717) is 25.3 Å². The number of ether oxygens (including phenoxy) is 1. The summed E-state index contributed by atoms with van der Waals surface area (Å²) < 4.78 is 18.0. The summed E-state index contributed by atoms with van der Waals surface area (Å²) in [7, 11) is 0. The molecule has 26 heavy (non-hydrogen) atoms. The second-order valence-electron chi connectivity index (χ2n) is 6.34. The van der Waals surface area contributed by atoms with Gasteiger partial charge in [0.25, 0.3) is 0 Å². The van der Waals surface area contributed by atoms with Gasteiger partial charge in [-0.2, -0.15) is 0 Å². The maximum Gasteiger partial charge on any atom is 0.316 e. The zero-order chi connectivity index (χ0) is 18.9. The number of Topliss-reactive ketones (excluding diaryl/α,β-unsaturated/α-hetero) is 1. The van der Waals surface area contributed by atoms with Crippen LogP contribution in [0, 0.1) is 11.7 Å². The Morgan fingerprint density at radius 2 is 1.85 bits per heavy atom. The lowest BCUT2D eigenvalue weighted by Gasteiger charge is -2.35. The number of anilines is 1. The molecule has 144 valence electrons. The lowest BCUT2D eigenvalue weighted by Crippen LogP contribution is -2.47. The van der Waals surface area contributed by atoms with E-state index in [4.69, 9.17) is 4.74 Å². The van der Waals surface area contributed by atoms with Gasteiger partial charge in [0.2, 0.25) is 5.95 Å². The molecule has 0 aliphatic carbocycles. The molecular formula is C18H27FN4O3. The molecule has 1 aromatic heterocycles. The number of hydrogen-bond acceptors (Lipinski definition) is 7. The Labute approximate surface area is 153 Å². The molecule has 0 spiro atoms. The van der Waals surface area contributed by atoms with Crippen molar-refractivity contribution in [2.45, 2.75) is 33.1 Å². The molecule has 0 aromatic carbocycles. The van der Waals surface area contributed by atoms with E-state index >= 15 is 0 Å². The van der Waals surface area contributed by atoms with Crippen LogP contribution in [0.5, 0.6) is 0 Å².